The van der Waals surface area contributed by atoms with Crippen LogP contribution in [-0.4, -0.2) is 38.6 Å². The van der Waals surface area contributed by atoms with Gasteiger partial charge in [-0.1, -0.05) is 24.3 Å². The SMILES string of the molecule is CC[NH+](CC(=O)Nc1cccc(OC)c1)CC(=O)N[C@H](C)c1ccc2c(c1)CCCC2. The number of likely N-dealkylation sites (N-methyl/N-ethyl adjacent to an activating group) is 1. The topological polar surface area (TPSA) is 71.9 Å². The number of fused-ring (bicyclic) bond motifs is 1. The monoisotopic (exact) mass is 424 g/mol. The van der Waals surface area contributed by atoms with E-state index in [0.717, 1.165) is 23.3 Å². The van der Waals surface area contributed by atoms with E-state index in [-0.39, 0.29) is 30.9 Å². The minimum atomic E-state index is -0.124. The number of nitrogens with one attached hydrogen (secondary N) is 3. The Kier molecular flexibility index (Phi) is 8.06. The number of amides is 2. The summed E-state index contributed by atoms with van der Waals surface area (Å²) < 4.78 is 5.19. The molecule has 1 aliphatic carbocycles. The van der Waals surface area contributed by atoms with E-state index in [1.807, 2.05) is 32.0 Å². The van der Waals surface area contributed by atoms with E-state index in [4.69, 9.17) is 4.74 Å². The molecule has 0 bridgehead atoms. The Hall–Kier alpha value is -2.86. The summed E-state index contributed by atoms with van der Waals surface area (Å²) in [4.78, 5) is 26.0. The summed E-state index contributed by atoms with van der Waals surface area (Å²) >= 11 is 0. The zero-order valence-electron chi connectivity index (χ0n) is 18.8. The minimum Gasteiger partial charge on any atom is -0.497 e. The van der Waals surface area contributed by atoms with Gasteiger partial charge in [0.15, 0.2) is 13.1 Å². The lowest BCUT2D eigenvalue weighted by Crippen LogP contribution is -3.14. The van der Waals surface area contributed by atoms with Crippen LogP contribution in [0, 0.1) is 0 Å². The lowest BCUT2D eigenvalue weighted by molar-refractivity contribution is -0.881. The Morgan fingerprint density at radius 1 is 1.03 bits per heavy atom. The molecule has 0 spiro atoms. The standard InChI is InChI=1S/C25H33N3O3/c1-4-28(17-25(30)27-22-10-7-11-23(15-22)31-3)16-24(29)26-18(2)20-13-12-19-8-5-6-9-21(19)14-20/h7,10-15,18H,4-6,8-9,16-17H2,1-3H3,(H,26,29)(H,27,30)/p+1/t18-/m1/s1. The molecule has 0 aliphatic heterocycles. The van der Waals surface area contributed by atoms with Gasteiger partial charge < -0.3 is 20.3 Å². The van der Waals surface area contributed by atoms with Crippen LogP contribution in [-0.2, 0) is 22.4 Å². The van der Waals surface area contributed by atoms with Gasteiger partial charge in [0.05, 0.1) is 19.7 Å². The van der Waals surface area contributed by atoms with Gasteiger partial charge in [-0.25, -0.2) is 0 Å². The fourth-order valence-corrected chi connectivity index (χ4v) is 4.07. The summed E-state index contributed by atoms with van der Waals surface area (Å²) in [6, 6.07) is 13.8. The Balaban J connectivity index is 1.51. The molecular formula is C25H34N3O3+. The smallest absolute Gasteiger partial charge is 0.279 e. The van der Waals surface area contributed by atoms with Gasteiger partial charge in [0.2, 0.25) is 0 Å². The van der Waals surface area contributed by atoms with Gasteiger partial charge in [-0.2, -0.15) is 0 Å². The predicted molar refractivity (Wildman–Crippen MR) is 123 cm³/mol. The first-order chi connectivity index (χ1) is 15.0. The second kappa shape index (κ2) is 11.0. The van der Waals surface area contributed by atoms with Gasteiger partial charge in [-0.15, -0.1) is 0 Å². The van der Waals surface area contributed by atoms with E-state index in [2.05, 4.69) is 28.8 Å². The summed E-state index contributed by atoms with van der Waals surface area (Å²) in [5.74, 6) is 0.518. The normalized spacial score (nSPS) is 14.8. The van der Waals surface area contributed by atoms with Crippen LogP contribution >= 0.6 is 0 Å². The largest absolute Gasteiger partial charge is 0.497 e. The number of ether oxygens (including phenoxy) is 1. The highest BCUT2D eigenvalue weighted by Crippen LogP contribution is 2.24. The molecule has 1 unspecified atom stereocenters. The molecule has 0 fully saturated rings. The molecule has 0 aromatic heterocycles. The molecule has 2 atom stereocenters. The van der Waals surface area contributed by atoms with Crippen molar-refractivity contribution in [2.75, 3.05) is 32.1 Å². The maximum absolute atomic E-state index is 12.6. The predicted octanol–water partition coefficient (Wildman–Crippen LogP) is 2.29. The van der Waals surface area contributed by atoms with Crippen LogP contribution in [0.15, 0.2) is 42.5 Å². The first-order valence-electron chi connectivity index (χ1n) is 11.2. The molecule has 31 heavy (non-hydrogen) atoms. The summed E-state index contributed by atoms with van der Waals surface area (Å²) in [6.07, 6.45) is 4.78. The van der Waals surface area contributed by atoms with Crippen molar-refractivity contribution in [2.24, 2.45) is 0 Å². The van der Waals surface area contributed by atoms with Crippen LogP contribution in [0.4, 0.5) is 5.69 Å². The van der Waals surface area contributed by atoms with Gasteiger partial charge >= 0.3 is 0 Å². The molecule has 0 heterocycles. The number of carbonyl (C=O) groups is 2. The average Bonchev–Trinajstić information content (AvgIpc) is 2.78. The van der Waals surface area contributed by atoms with Crippen LogP contribution in [0.2, 0.25) is 0 Å². The fourth-order valence-electron chi connectivity index (χ4n) is 4.07. The molecule has 2 aromatic carbocycles. The molecule has 2 amide bonds. The van der Waals surface area contributed by atoms with Gasteiger partial charge in [0.1, 0.15) is 5.75 Å². The highest BCUT2D eigenvalue weighted by atomic mass is 16.5. The number of anilines is 1. The third-order valence-corrected chi connectivity index (χ3v) is 5.92. The summed E-state index contributed by atoms with van der Waals surface area (Å²) in [7, 11) is 1.59. The summed E-state index contributed by atoms with van der Waals surface area (Å²) in [5, 5.41) is 5.98. The number of hydrogen-bond acceptors (Lipinski definition) is 3. The molecule has 6 heteroatoms. The third-order valence-electron chi connectivity index (χ3n) is 5.92. The van der Waals surface area contributed by atoms with E-state index >= 15 is 0 Å². The van der Waals surface area contributed by atoms with E-state index < -0.39 is 0 Å². The Morgan fingerprint density at radius 2 is 1.77 bits per heavy atom. The van der Waals surface area contributed by atoms with E-state index in [0.29, 0.717) is 18.0 Å². The Bertz CT molecular complexity index is 913. The van der Waals surface area contributed by atoms with Crippen molar-refractivity contribution in [1.82, 2.24) is 5.32 Å². The first-order valence-corrected chi connectivity index (χ1v) is 11.2. The molecule has 0 radical (unpaired) electrons. The average molecular weight is 425 g/mol. The van der Waals surface area contributed by atoms with Crippen LogP contribution in [0.3, 0.4) is 0 Å². The highest BCUT2D eigenvalue weighted by molar-refractivity contribution is 5.91. The van der Waals surface area contributed by atoms with Gasteiger partial charge in [-0.3, -0.25) is 9.59 Å². The van der Waals surface area contributed by atoms with Crippen LogP contribution in [0.1, 0.15) is 49.4 Å². The molecular weight excluding hydrogens is 390 g/mol. The van der Waals surface area contributed by atoms with Crippen molar-refractivity contribution in [3.63, 3.8) is 0 Å². The third kappa shape index (κ3) is 6.56. The quantitative estimate of drug-likeness (QED) is 0.578. The number of carbonyl (C=O) groups excluding carboxylic acids is 2. The lowest BCUT2D eigenvalue weighted by Gasteiger charge is -2.21. The molecule has 1 aliphatic rings. The van der Waals surface area contributed by atoms with Crippen molar-refractivity contribution < 1.29 is 19.2 Å². The zero-order chi connectivity index (χ0) is 22.2. The van der Waals surface area contributed by atoms with Crippen molar-refractivity contribution >= 4 is 17.5 Å². The second-order valence-corrected chi connectivity index (χ2v) is 8.26. The number of rotatable bonds is 9. The fraction of sp³-hybridized carbons (Fsp3) is 0.440. The molecule has 3 N–H and O–H groups in total. The van der Waals surface area contributed by atoms with Gasteiger partial charge in [-0.05, 0) is 68.4 Å². The maximum atomic E-state index is 12.6. The van der Waals surface area contributed by atoms with E-state index in [1.54, 1.807) is 13.2 Å². The van der Waals surface area contributed by atoms with Crippen LogP contribution < -0.4 is 20.3 Å². The van der Waals surface area contributed by atoms with Crippen molar-refractivity contribution in [1.29, 1.82) is 0 Å². The van der Waals surface area contributed by atoms with Crippen molar-refractivity contribution in [3.05, 3.63) is 59.2 Å². The Labute approximate surface area is 185 Å². The van der Waals surface area contributed by atoms with Crippen LogP contribution in [0.25, 0.3) is 0 Å². The van der Waals surface area contributed by atoms with Crippen molar-refractivity contribution in [3.8, 4) is 5.75 Å². The number of methoxy groups -OCH3 is 1. The number of quaternary nitrogens is 1. The van der Waals surface area contributed by atoms with Crippen LogP contribution in [0.5, 0.6) is 5.75 Å². The lowest BCUT2D eigenvalue weighted by atomic mass is 9.89. The molecule has 2 aromatic rings. The zero-order valence-corrected chi connectivity index (χ0v) is 18.8. The van der Waals surface area contributed by atoms with Gasteiger partial charge in [0.25, 0.3) is 11.8 Å². The Morgan fingerprint density at radius 3 is 2.52 bits per heavy atom. The summed E-state index contributed by atoms with van der Waals surface area (Å²) in [5.41, 5.74) is 4.69. The first kappa shape index (κ1) is 22.8. The molecule has 166 valence electrons. The molecule has 6 nitrogen and oxygen atoms in total. The molecule has 0 saturated heterocycles. The van der Waals surface area contributed by atoms with E-state index in [9.17, 15) is 9.59 Å². The summed E-state index contributed by atoms with van der Waals surface area (Å²) in [6.45, 7) is 5.18. The number of aryl methyl sites for hydroxylation is 2. The number of benzene rings is 2. The molecule has 0 saturated carbocycles. The highest BCUT2D eigenvalue weighted by Gasteiger charge is 2.19. The molecule has 3 rings (SSSR count). The maximum Gasteiger partial charge on any atom is 0.279 e. The van der Waals surface area contributed by atoms with E-state index in [1.165, 1.54) is 24.0 Å². The number of hydrogen-bond donors (Lipinski definition) is 3. The van der Waals surface area contributed by atoms with Crippen molar-refractivity contribution in [2.45, 2.75) is 45.6 Å². The van der Waals surface area contributed by atoms with Gasteiger partial charge in [0, 0.05) is 11.8 Å². The second-order valence-electron chi connectivity index (χ2n) is 8.26. The minimum absolute atomic E-state index is 0.0451.